The first kappa shape index (κ1) is 16.1. The molecule has 124 valence electrons. The van der Waals surface area contributed by atoms with Crippen molar-refractivity contribution in [2.45, 2.75) is 25.3 Å². The molecule has 0 unspecified atom stereocenters. The molecule has 1 atom stereocenters. The number of aromatic amines is 1. The summed E-state index contributed by atoms with van der Waals surface area (Å²) in [7, 11) is 0. The van der Waals surface area contributed by atoms with Crippen molar-refractivity contribution in [2.75, 3.05) is 18.1 Å². The topological polar surface area (TPSA) is 93.0 Å². The lowest BCUT2D eigenvalue weighted by Gasteiger charge is -2.25. The summed E-state index contributed by atoms with van der Waals surface area (Å²) >= 11 is 0. The molecule has 1 fully saturated rings. The molecule has 3 rings (SSSR count). The average molecular weight is 328 g/mol. The number of rotatable bonds is 4. The number of aliphatic hydroxyl groups excluding tert-OH is 1. The molecule has 1 saturated heterocycles. The van der Waals surface area contributed by atoms with Crippen LogP contribution in [0.1, 0.15) is 29.8 Å². The highest BCUT2D eigenvalue weighted by atomic mass is 19.1. The van der Waals surface area contributed by atoms with Crippen LogP contribution in [0, 0.1) is 17.1 Å². The second kappa shape index (κ2) is 6.81. The minimum Gasteiger partial charge on any atom is -0.394 e. The van der Waals surface area contributed by atoms with Crippen molar-refractivity contribution in [1.29, 1.82) is 5.26 Å². The van der Waals surface area contributed by atoms with Crippen LogP contribution in [0.2, 0.25) is 0 Å². The number of nitriles is 1. The fourth-order valence-corrected chi connectivity index (χ4v) is 3.03. The number of nitrogens with zero attached hydrogens (tertiary/aromatic N) is 3. The molecule has 0 spiro atoms. The van der Waals surface area contributed by atoms with Gasteiger partial charge in [0.15, 0.2) is 11.4 Å². The van der Waals surface area contributed by atoms with Crippen molar-refractivity contribution in [1.82, 2.24) is 9.97 Å². The van der Waals surface area contributed by atoms with E-state index in [0.717, 1.165) is 12.8 Å². The van der Waals surface area contributed by atoms with E-state index in [2.05, 4.69) is 9.97 Å². The lowest BCUT2D eigenvalue weighted by atomic mass is 10.1. The molecule has 2 aromatic rings. The molecule has 0 aliphatic carbocycles. The van der Waals surface area contributed by atoms with Gasteiger partial charge in [-0.15, -0.1) is 0 Å². The Kier molecular flexibility index (Phi) is 4.58. The van der Waals surface area contributed by atoms with E-state index in [1.807, 2.05) is 6.07 Å². The molecule has 0 amide bonds. The van der Waals surface area contributed by atoms with Gasteiger partial charge in [0.25, 0.3) is 5.56 Å². The number of nitrogens with one attached hydrogen (secondary N) is 1. The van der Waals surface area contributed by atoms with Crippen molar-refractivity contribution in [3.8, 4) is 6.07 Å². The number of anilines is 1. The molecule has 0 radical (unpaired) electrons. The van der Waals surface area contributed by atoms with Crippen LogP contribution >= 0.6 is 0 Å². The number of halogens is 1. The third-order valence-corrected chi connectivity index (χ3v) is 4.24. The highest BCUT2D eigenvalue weighted by Gasteiger charge is 2.28. The zero-order valence-electron chi connectivity index (χ0n) is 13.0. The molecule has 1 aromatic heterocycles. The monoisotopic (exact) mass is 328 g/mol. The first-order valence-electron chi connectivity index (χ1n) is 7.78. The Hall–Kier alpha value is -2.72. The van der Waals surface area contributed by atoms with Crippen LogP contribution in [0.25, 0.3) is 0 Å². The number of aliphatic hydroxyl groups is 1. The first-order chi connectivity index (χ1) is 11.6. The summed E-state index contributed by atoms with van der Waals surface area (Å²) in [5.41, 5.74) is -0.207. The Balaban J connectivity index is 2.02. The fourth-order valence-electron chi connectivity index (χ4n) is 3.03. The standard InChI is InChI=1S/C17H17FN4O2/c18-14-6-2-1-4-11(14)8-15-20-16(13(9-19)17(24)21-15)22-7-3-5-12(22)10-23/h1-2,4,6,12,23H,3,5,7-8,10H2,(H,20,21,24)/t12-/m0/s1. The molecule has 1 aliphatic rings. The second-order valence-corrected chi connectivity index (χ2v) is 5.76. The van der Waals surface area contributed by atoms with E-state index < -0.39 is 5.56 Å². The Bertz CT molecular complexity index is 843. The molecule has 6 nitrogen and oxygen atoms in total. The van der Waals surface area contributed by atoms with Crippen molar-refractivity contribution in [3.63, 3.8) is 0 Å². The van der Waals surface area contributed by atoms with E-state index in [1.165, 1.54) is 6.07 Å². The lowest BCUT2D eigenvalue weighted by Crippen LogP contribution is -2.35. The smallest absolute Gasteiger partial charge is 0.271 e. The molecular formula is C17H17FN4O2. The molecule has 1 aliphatic heterocycles. The van der Waals surface area contributed by atoms with Gasteiger partial charge in [0.05, 0.1) is 12.6 Å². The third kappa shape index (κ3) is 3.01. The molecule has 0 saturated carbocycles. The van der Waals surface area contributed by atoms with E-state index in [4.69, 9.17) is 0 Å². The predicted octanol–water partition coefficient (Wildman–Crippen LogP) is 1.33. The van der Waals surface area contributed by atoms with Gasteiger partial charge >= 0.3 is 0 Å². The summed E-state index contributed by atoms with van der Waals surface area (Å²) in [6.45, 7) is 0.553. The normalized spacial score (nSPS) is 17.0. The molecule has 2 heterocycles. The van der Waals surface area contributed by atoms with Crippen molar-refractivity contribution in [3.05, 3.63) is 57.4 Å². The summed E-state index contributed by atoms with van der Waals surface area (Å²) in [5.74, 6) is 0.187. The van der Waals surface area contributed by atoms with E-state index >= 15 is 0 Å². The van der Waals surface area contributed by atoms with Crippen molar-refractivity contribution >= 4 is 5.82 Å². The maximum absolute atomic E-state index is 13.8. The maximum atomic E-state index is 13.8. The lowest BCUT2D eigenvalue weighted by molar-refractivity contribution is 0.266. The Morgan fingerprint density at radius 2 is 2.25 bits per heavy atom. The van der Waals surface area contributed by atoms with Gasteiger partial charge < -0.3 is 15.0 Å². The summed E-state index contributed by atoms with van der Waals surface area (Å²) in [4.78, 5) is 21.0. The highest BCUT2D eigenvalue weighted by molar-refractivity contribution is 5.54. The van der Waals surface area contributed by atoms with Crippen molar-refractivity contribution in [2.24, 2.45) is 0 Å². The van der Waals surface area contributed by atoms with Crippen molar-refractivity contribution < 1.29 is 9.50 Å². The molecule has 2 N–H and O–H groups in total. The number of hydrogen-bond donors (Lipinski definition) is 2. The summed E-state index contributed by atoms with van der Waals surface area (Å²) in [6, 6.07) is 8.00. The van der Waals surface area contributed by atoms with Gasteiger partial charge in [0.2, 0.25) is 0 Å². The zero-order chi connectivity index (χ0) is 17.1. The summed E-state index contributed by atoms with van der Waals surface area (Å²) in [5, 5.41) is 18.8. The van der Waals surface area contributed by atoms with Gasteiger partial charge in [-0.2, -0.15) is 5.26 Å². The van der Waals surface area contributed by atoms with Crippen LogP contribution in [-0.4, -0.2) is 34.3 Å². The molecule has 1 aromatic carbocycles. The van der Waals surface area contributed by atoms with Crippen LogP contribution in [0.5, 0.6) is 0 Å². The van der Waals surface area contributed by atoms with Gasteiger partial charge in [-0.05, 0) is 24.5 Å². The largest absolute Gasteiger partial charge is 0.394 e. The third-order valence-electron chi connectivity index (χ3n) is 4.24. The van der Waals surface area contributed by atoms with Gasteiger partial charge in [-0.25, -0.2) is 9.37 Å². The SMILES string of the molecule is N#Cc1c(N2CCC[C@H]2CO)nc(Cc2ccccc2F)[nH]c1=O. The Labute approximate surface area is 138 Å². The quantitative estimate of drug-likeness (QED) is 0.883. The van der Waals surface area contributed by atoms with Crippen LogP contribution in [0.3, 0.4) is 0 Å². The summed E-state index contributed by atoms with van der Waals surface area (Å²) < 4.78 is 13.8. The minimum absolute atomic E-state index is 0.0675. The number of aromatic nitrogens is 2. The van der Waals surface area contributed by atoms with Gasteiger partial charge in [-0.1, -0.05) is 18.2 Å². The Morgan fingerprint density at radius 3 is 2.96 bits per heavy atom. The molecule has 7 heteroatoms. The number of hydrogen-bond acceptors (Lipinski definition) is 5. The highest BCUT2D eigenvalue weighted by Crippen LogP contribution is 2.25. The summed E-state index contributed by atoms with van der Waals surface area (Å²) in [6.07, 6.45) is 1.75. The van der Waals surface area contributed by atoms with Gasteiger partial charge in [0.1, 0.15) is 17.7 Å². The van der Waals surface area contributed by atoms with E-state index in [-0.39, 0.29) is 36.3 Å². The van der Waals surface area contributed by atoms with E-state index in [0.29, 0.717) is 17.9 Å². The average Bonchev–Trinajstić information content (AvgIpc) is 3.05. The van der Waals surface area contributed by atoms with Crippen LogP contribution < -0.4 is 10.5 Å². The predicted molar refractivity (Wildman–Crippen MR) is 86.2 cm³/mol. The van der Waals surface area contributed by atoms with Crippen LogP contribution in [0.4, 0.5) is 10.2 Å². The fraction of sp³-hybridized carbons (Fsp3) is 0.353. The molecule has 0 bridgehead atoms. The number of benzene rings is 1. The van der Waals surface area contributed by atoms with Gasteiger partial charge in [0, 0.05) is 13.0 Å². The second-order valence-electron chi connectivity index (χ2n) is 5.76. The van der Waals surface area contributed by atoms with Crippen LogP contribution in [0.15, 0.2) is 29.1 Å². The van der Waals surface area contributed by atoms with E-state index in [1.54, 1.807) is 23.1 Å². The first-order valence-corrected chi connectivity index (χ1v) is 7.78. The molecular weight excluding hydrogens is 311 g/mol. The Morgan fingerprint density at radius 1 is 1.46 bits per heavy atom. The molecule has 24 heavy (non-hydrogen) atoms. The number of H-pyrrole nitrogens is 1. The minimum atomic E-state index is -0.544. The van der Waals surface area contributed by atoms with E-state index in [9.17, 15) is 19.6 Å². The van der Waals surface area contributed by atoms with Crippen LogP contribution in [-0.2, 0) is 6.42 Å². The maximum Gasteiger partial charge on any atom is 0.271 e. The van der Waals surface area contributed by atoms with Gasteiger partial charge in [-0.3, -0.25) is 4.79 Å². The zero-order valence-corrected chi connectivity index (χ0v) is 13.0.